The lowest BCUT2D eigenvalue weighted by Crippen LogP contribution is -2.48. The van der Waals surface area contributed by atoms with Crippen molar-refractivity contribution in [3.63, 3.8) is 0 Å². The summed E-state index contributed by atoms with van der Waals surface area (Å²) in [5.41, 5.74) is 0.579. The van der Waals surface area contributed by atoms with E-state index in [-0.39, 0.29) is 11.9 Å². The van der Waals surface area contributed by atoms with Crippen LogP contribution >= 0.6 is 11.6 Å². The van der Waals surface area contributed by atoms with E-state index in [2.05, 4.69) is 32.0 Å². The van der Waals surface area contributed by atoms with E-state index >= 15 is 0 Å². The van der Waals surface area contributed by atoms with Crippen molar-refractivity contribution in [1.82, 2.24) is 15.6 Å². The number of nitriles is 2. The molecule has 0 aliphatic carbocycles. The topological polar surface area (TPSA) is 126 Å². The van der Waals surface area contributed by atoms with E-state index in [4.69, 9.17) is 11.6 Å². The number of benzene rings is 1. The number of carbonyl (C=O) groups is 1. The van der Waals surface area contributed by atoms with Crippen LogP contribution in [0.5, 0.6) is 0 Å². The summed E-state index contributed by atoms with van der Waals surface area (Å²) in [4.78, 5) is 21.7. The molecule has 9 heteroatoms. The van der Waals surface area contributed by atoms with Gasteiger partial charge in [0.1, 0.15) is 6.17 Å². The summed E-state index contributed by atoms with van der Waals surface area (Å²) < 4.78 is 0. The second kappa shape index (κ2) is 12.3. The van der Waals surface area contributed by atoms with Crippen LogP contribution < -0.4 is 16.0 Å². The van der Waals surface area contributed by atoms with Gasteiger partial charge in [-0.25, -0.2) is 4.99 Å². The van der Waals surface area contributed by atoms with E-state index in [1.165, 1.54) is 0 Å². The van der Waals surface area contributed by atoms with Gasteiger partial charge in [0.15, 0.2) is 6.19 Å². The third-order valence-electron chi connectivity index (χ3n) is 5.45. The Kier molecular flexibility index (Phi) is 9.46. The molecule has 3 N–H and O–H groups in total. The third kappa shape index (κ3) is 6.69. The zero-order valence-electron chi connectivity index (χ0n) is 18.1. The normalized spacial score (nSPS) is 12.2. The Labute approximate surface area is 193 Å². The van der Waals surface area contributed by atoms with Crippen LogP contribution in [0, 0.1) is 28.2 Å². The second-order valence-electron chi connectivity index (χ2n) is 7.19. The molecule has 0 radical (unpaired) electrons. The Morgan fingerprint density at radius 1 is 1.22 bits per heavy atom. The first-order valence-electron chi connectivity index (χ1n) is 10.3. The van der Waals surface area contributed by atoms with Crippen LogP contribution in [0.3, 0.4) is 0 Å². The van der Waals surface area contributed by atoms with Crippen LogP contribution in [-0.2, 0) is 0 Å². The van der Waals surface area contributed by atoms with Crippen molar-refractivity contribution in [1.29, 1.82) is 10.5 Å². The van der Waals surface area contributed by atoms with Gasteiger partial charge in [-0.15, -0.1) is 0 Å². The highest BCUT2D eigenvalue weighted by molar-refractivity contribution is 6.30. The standard InChI is InChI=1S/C23H26ClN7O/c1-3-23(4-2,12-6-13-25)21(30-20(32)17-8-10-18(24)11-9-17)31-22(28-16-26)29-19-7-5-14-27-15-19/h5,7-11,14-15,21H,3-4,6,12H2,1-2H3,(H,30,32)(H2,28,29,31). The van der Waals surface area contributed by atoms with Gasteiger partial charge in [-0.1, -0.05) is 25.4 Å². The summed E-state index contributed by atoms with van der Waals surface area (Å²) >= 11 is 5.94. The number of nitrogens with zero attached hydrogens (tertiary/aromatic N) is 4. The van der Waals surface area contributed by atoms with Crippen molar-refractivity contribution in [2.75, 3.05) is 5.32 Å². The highest BCUT2D eigenvalue weighted by atomic mass is 35.5. The molecule has 1 heterocycles. The third-order valence-corrected chi connectivity index (χ3v) is 5.71. The minimum atomic E-state index is -0.700. The van der Waals surface area contributed by atoms with Gasteiger partial charge < -0.3 is 10.6 Å². The predicted octanol–water partition coefficient (Wildman–Crippen LogP) is 4.44. The summed E-state index contributed by atoms with van der Waals surface area (Å²) in [5.74, 6) is -0.151. The fourth-order valence-electron chi connectivity index (χ4n) is 3.41. The van der Waals surface area contributed by atoms with Gasteiger partial charge in [0.25, 0.3) is 5.91 Å². The molecule has 1 amide bonds. The van der Waals surface area contributed by atoms with E-state index in [0.717, 1.165) is 0 Å². The summed E-state index contributed by atoms with van der Waals surface area (Å²) in [5, 5.41) is 27.5. The van der Waals surface area contributed by atoms with Crippen LogP contribution in [0.1, 0.15) is 49.9 Å². The minimum Gasteiger partial charge on any atom is -0.330 e. The first kappa shape index (κ1) is 24.6. The van der Waals surface area contributed by atoms with Gasteiger partial charge in [0.2, 0.25) is 5.96 Å². The van der Waals surface area contributed by atoms with E-state index in [9.17, 15) is 15.3 Å². The van der Waals surface area contributed by atoms with Crippen molar-refractivity contribution in [3.05, 3.63) is 59.4 Å². The van der Waals surface area contributed by atoms with Crippen LogP contribution in [0.25, 0.3) is 0 Å². The number of hydrogen-bond acceptors (Lipinski definition) is 5. The highest BCUT2D eigenvalue weighted by Gasteiger charge is 2.37. The van der Waals surface area contributed by atoms with Gasteiger partial charge in [-0.3, -0.25) is 15.1 Å². The van der Waals surface area contributed by atoms with E-state index in [1.807, 2.05) is 20.0 Å². The molecule has 8 nitrogen and oxygen atoms in total. The lowest BCUT2D eigenvalue weighted by molar-refractivity contribution is 0.0856. The van der Waals surface area contributed by atoms with Crippen LogP contribution in [-0.4, -0.2) is 23.0 Å². The lowest BCUT2D eigenvalue weighted by Gasteiger charge is -2.37. The predicted molar refractivity (Wildman–Crippen MR) is 125 cm³/mol. The number of aromatic nitrogens is 1. The van der Waals surface area contributed by atoms with Crippen molar-refractivity contribution in [2.24, 2.45) is 10.4 Å². The number of pyridine rings is 1. The highest BCUT2D eigenvalue weighted by Crippen LogP contribution is 2.37. The molecular formula is C23H26ClN7O. The van der Waals surface area contributed by atoms with E-state index in [0.29, 0.717) is 42.0 Å². The molecule has 1 aromatic heterocycles. The number of carbonyl (C=O) groups excluding carboxylic acids is 1. The zero-order valence-corrected chi connectivity index (χ0v) is 18.9. The molecule has 1 atom stereocenters. The molecule has 0 fully saturated rings. The van der Waals surface area contributed by atoms with Gasteiger partial charge in [-0.2, -0.15) is 10.5 Å². The van der Waals surface area contributed by atoms with Gasteiger partial charge in [0.05, 0.1) is 18.0 Å². The SMILES string of the molecule is CCC(CC)(CCC#N)C(/N=C(\NC#N)Nc1cccnc1)NC(=O)c1ccc(Cl)cc1. The fourth-order valence-corrected chi connectivity index (χ4v) is 3.54. The Bertz CT molecular complexity index is 990. The summed E-state index contributed by atoms with van der Waals surface area (Å²) in [6.07, 6.45) is 6.61. The van der Waals surface area contributed by atoms with Crippen molar-refractivity contribution in [3.8, 4) is 12.3 Å². The molecule has 0 saturated heterocycles. The van der Waals surface area contributed by atoms with Gasteiger partial charge in [0, 0.05) is 28.6 Å². The van der Waals surface area contributed by atoms with Crippen molar-refractivity contribution < 1.29 is 4.79 Å². The maximum Gasteiger partial charge on any atom is 0.252 e. The van der Waals surface area contributed by atoms with E-state index in [1.54, 1.807) is 48.8 Å². The summed E-state index contributed by atoms with van der Waals surface area (Å²) in [6.45, 7) is 4.01. The Morgan fingerprint density at radius 3 is 2.50 bits per heavy atom. The van der Waals surface area contributed by atoms with Crippen LogP contribution in [0.4, 0.5) is 5.69 Å². The summed E-state index contributed by atoms with van der Waals surface area (Å²) in [6, 6.07) is 12.3. The average molecular weight is 452 g/mol. The van der Waals surface area contributed by atoms with Crippen LogP contribution in [0.15, 0.2) is 53.8 Å². The average Bonchev–Trinajstić information content (AvgIpc) is 2.81. The summed E-state index contributed by atoms with van der Waals surface area (Å²) in [7, 11) is 0. The monoisotopic (exact) mass is 451 g/mol. The number of aliphatic imine (C=N–C) groups is 1. The molecular weight excluding hydrogens is 426 g/mol. The maximum atomic E-state index is 13.0. The number of hydrogen-bond donors (Lipinski definition) is 3. The molecule has 1 unspecified atom stereocenters. The molecule has 0 bridgehead atoms. The molecule has 0 aliphatic heterocycles. The fraction of sp³-hybridized carbons (Fsp3) is 0.348. The number of rotatable bonds is 9. The molecule has 1 aromatic carbocycles. The zero-order chi connectivity index (χ0) is 23.4. The molecule has 0 spiro atoms. The number of anilines is 1. The molecule has 2 aromatic rings. The van der Waals surface area contributed by atoms with Gasteiger partial charge in [-0.05, 0) is 55.7 Å². The minimum absolute atomic E-state index is 0.171. The second-order valence-corrected chi connectivity index (χ2v) is 7.63. The maximum absolute atomic E-state index is 13.0. The van der Waals surface area contributed by atoms with Crippen LogP contribution in [0.2, 0.25) is 5.02 Å². The van der Waals surface area contributed by atoms with Gasteiger partial charge >= 0.3 is 0 Å². The van der Waals surface area contributed by atoms with Crippen molar-refractivity contribution in [2.45, 2.75) is 45.7 Å². The molecule has 32 heavy (non-hydrogen) atoms. The number of guanidine groups is 1. The molecule has 0 saturated carbocycles. The smallest absolute Gasteiger partial charge is 0.252 e. The first-order chi connectivity index (χ1) is 15.5. The Hall–Kier alpha value is -3.62. The largest absolute Gasteiger partial charge is 0.330 e. The lowest BCUT2D eigenvalue weighted by atomic mass is 9.75. The molecule has 166 valence electrons. The number of nitrogens with one attached hydrogen (secondary N) is 3. The number of amides is 1. The Balaban J connectivity index is 2.45. The molecule has 0 aliphatic rings. The number of halogens is 1. The van der Waals surface area contributed by atoms with Crippen molar-refractivity contribution >= 4 is 29.2 Å². The first-order valence-corrected chi connectivity index (χ1v) is 10.7. The Morgan fingerprint density at radius 2 is 1.94 bits per heavy atom. The van der Waals surface area contributed by atoms with E-state index < -0.39 is 11.6 Å². The quantitative estimate of drug-likeness (QED) is 0.224. The molecule has 2 rings (SSSR count).